The van der Waals surface area contributed by atoms with Gasteiger partial charge in [-0.05, 0) is 12.8 Å². The van der Waals surface area contributed by atoms with Crippen molar-refractivity contribution < 1.29 is 0 Å². The van der Waals surface area contributed by atoms with E-state index in [-0.39, 0.29) is 0 Å². The van der Waals surface area contributed by atoms with Crippen molar-refractivity contribution >= 4 is 22.8 Å². The number of aromatic amines is 1. The van der Waals surface area contributed by atoms with E-state index in [1.165, 1.54) is 25.7 Å². The Balaban J connectivity index is 1.82. The molecule has 4 rings (SSSR count). The highest BCUT2D eigenvalue weighted by molar-refractivity contribution is 6.33. The second-order valence-electron chi connectivity index (χ2n) is 5.51. The smallest absolute Gasteiger partial charge is 0.183 e. The average Bonchev–Trinajstić information content (AvgIpc) is 3.17. The Morgan fingerprint density at radius 1 is 1.00 bits per heavy atom. The highest BCUT2D eigenvalue weighted by atomic mass is 35.5. The van der Waals surface area contributed by atoms with Crippen LogP contribution in [-0.2, 0) is 0 Å². The van der Waals surface area contributed by atoms with Gasteiger partial charge in [0.05, 0.1) is 0 Å². The van der Waals surface area contributed by atoms with Gasteiger partial charge in [-0.3, -0.25) is 0 Å². The fraction of sp³-hybridized carbons (Fsp3) is 0.312. The summed E-state index contributed by atoms with van der Waals surface area (Å²) in [6.45, 7) is 0. The molecular formula is C16H15ClN4. The first-order valence-electron chi connectivity index (χ1n) is 7.30. The third-order valence-electron chi connectivity index (χ3n) is 4.10. The number of aromatic nitrogens is 4. The molecule has 0 atom stereocenters. The minimum Gasteiger partial charge on any atom is -0.338 e. The van der Waals surface area contributed by atoms with Crippen LogP contribution in [0.15, 0.2) is 30.3 Å². The summed E-state index contributed by atoms with van der Waals surface area (Å²) in [7, 11) is 0. The molecule has 1 N–H and O–H groups in total. The highest BCUT2D eigenvalue weighted by Gasteiger charge is 2.22. The monoisotopic (exact) mass is 298 g/mol. The van der Waals surface area contributed by atoms with Crippen molar-refractivity contribution in [3.05, 3.63) is 41.3 Å². The van der Waals surface area contributed by atoms with Crippen LogP contribution in [0, 0.1) is 0 Å². The second kappa shape index (κ2) is 5.11. The van der Waals surface area contributed by atoms with Gasteiger partial charge in [-0.15, -0.1) is 0 Å². The van der Waals surface area contributed by atoms with Gasteiger partial charge in [-0.2, -0.15) is 0 Å². The topological polar surface area (TPSA) is 54.5 Å². The zero-order chi connectivity index (χ0) is 14.2. The molecule has 21 heavy (non-hydrogen) atoms. The number of nitrogens with zero attached hydrogens (tertiary/aromatic N) is 3. The van der Waals surface area contributed by atoms with E-state index in [0.717, 1.165) is 16.9 Å². The summed E-state index contributed by atoms with van der Waals surface area (Å²) >= 11 is 6.31. The van der Waals surface area contributed by atoms with Crippen molar-refractivity contribution in [1.82, 2.24) is 19.9 Å². The average molecular weight is 299 g/mol. The Morgan fingerprint density at radius 2 is 1.76 bits per heavy atom. The summed E-state index contributed by atoms with van der Waals surface area (Å²) in [6, 6.07) is 9.84. The fourth-order valence-electron chi connectivity index (χ4n) is 2.99. The van der Waals surface area contributed by atoms with Crippen molar-refractivity contribution in [3.8, 4) is 11.4 Å². The lowest BCUT2D eigenvalue weighted by Gasteiger charge is -2.02. The maximum absolute atomic E-state index is 6.31. The minimum atomic E-state index is 0.440. The third-order valence-corrected chi connectivity index (χ3v) is 4.37. The summed E-state index contributed by atoms with van der Waals surface area (Å²) in [6.07, 6.45) is 4.93. The fourth-order valence-corrected chi connectivity index (χ4v) is 3.20. The Labute approximate surface area is 127 Å². The lowest BCUT2D eigenvalue weighted by atomic mass is 10.1. The molecule has 1 aliphatic rings. The molecule has 1 fully saturated rings. The van der Waals surface area contributed by atoms with Crippen molar-refractivity contribution in [2.75, 3.05) is 0 Å². The zero-order valence-electron chi connectivity index (χ0n) is 11.5. The van der Waals surface area contributed by atoms with Gasteiger partial charge in [0.1, 0.15) is 11.3 Å². The normalized spacial score (nSPS) is 15.9. The lowest BCUT2D eigenvalue weighted by Crippen LogP contribution is -1.94. The van der Waals surface area contributed by atoms with Crippen LogP contribution in [-0.4, -0.2) is 19.9 Å². The quantitative estimate of drug-likeness (QED) is 0.716. The van der Waals surface area contributed by atoms with Gasteiger partial charge >= 0.3 is 0 Å². The number of nitrogens with one attached hydrogen (secondary N) is 1. The number of imidazole rings is 1. The summed E-state index contributed by atoms with van der Waals surface area (Å²) in [5.41, 5.74) is 2.36. The van der Waals surface area contributed by atoms with Crippen LogP contribution in [0.25, 0.3) is 22.6 Å². The van der Waals surface area contributed by atoms with Gasteiger partial charge in [-0.1, -0.05) is 54.8 Å². The van der Waals surface area contributed by atoms with E-state index in [4.69, 9.17) is 11.6 Å². The summed E-state index contributed by atoms with van der Waals surface area (Å²) in [5, 5.41) is 0.440. The van der Waals surface area contributed by atoms with E-state index in [0.29, 0.717) is 22.5 Å². The molecule has 106 valence electrons. The Morgan fingerprint density at radius 3 is 2.52 bits per heavy atom. The number of rotatable bonds is 2. The Hall–Kier alpha value is -1.94. The molecule has 0 saturated heterocycles. The van der Waals surface area contributed by atoms with Crippen LogP contribution in [0.1, 0.15) is 37.4 Å². The summed E-state index contributed by atoms with van der Waals surface area (Å²) in [5.74, 6) is 2.14. The van der Waals surface area contributed by atoms with E-state index < -0.39 is 0 Å². The SMILES string of the molecule is Clc1nc(-c2ccccc2)nc2nc(C3CCCC3)[nH]c12. The lowest BCUT2D eigenvalue weighted by molar-refractivity contribution is 0.681. The molecule has 1 aliphatic carbocycles. The third kappa shape index (κ3) is 2.29. The molecule has 0 unspecified atom stereocenters. The van der Waals surface area contributed by atoms with Crippen LogP contribution in [0.5, 0.6) is 0 Å². The number of fused-ring (bicyclic) bond motifs is 1. The number of H-pyrrole nitrogens is 1. The van der Waals surface area contributed by atoms with E-state index in [1.54, 1.807) is 0 Å². The van der Waals surface area contributed by atoms with E-state index in [2.05, 4.69) is 19.9 Å². The minimum absolute atomic E-state index is 0.440. The molecule has 2 heterocycles. The number of hydrogen-bond acceptors (Lipinski definition) is 3. The standard InChI is InChI=1S/C16H15ClN4/c17-13-12-16(20-14(18-12)10-8-4-5-9-10)21-15(19-13)11-6-2-1-3-7-11/h1-3,6-7,10H,4-5,8-9H2,(H,18,19,20,21). The largest absolute Gasteiger partial charge is 0.338 e. The molecule has 0 spiro atoms. The molecule has 0 radical (unpaired) electrons. The zero-order valence-corrected chi connectivity index (χ0v) is 12.3. The van der Waals surface area contributed by atoms with Gasteiger partial charge in [-0.25, -0.2) is 15.0 Å². The summed E-state index contributed by atoms with van der Waals surface area (Å²) in [4.78, 5) is 16.9. The van der Waals surface area contributed by atoms with Gasteiger partial charge < -0.3 is 4.98 Å². The second-order valence-corrected chi connectivity index (χ2v) is 5.86. The van der Waals surface area contributed by atoms with Crippen molar-refractivity contribution in [3.63, 3.8) is 0 Å². The predicted molar refractivity (Wildman–Crippen MR) is 83.3 cm³/mol. The predicted octanol–water partition coefficient (Wildman–Crippen LogP) is 4.33. The molecule has 1 aromatic carbocycles. The van der Waals surface area contributed by atoms with Gasteiger partial charge in [0.2, 0.25) is 0 Å². The first-order valence-corrected chi connectivity index (χ1v) is 7.67. The molecule has 0 aliphatic heterocycles. The maximum atomic E-state index is 6.31. The van der Waals surface area contributed by atoms with Gasteiger partial charge in [0, 0.05) is 11.5 Å². The maximum Gasteiger partial charge on any atom is 0.183 e. The summed E-state index contributed by atoms with van der Waals surface area (Å²) < 4.78 is 0. The highest BCUT2D eigenvalue weighted by Crippen LogP contribution is 2.34. The molecule has 4 nitrogen and oxygen atoms in total. The van der Waals surface area contributed by atoms with E-state index in [1.807, 2.05) is 30.3 Å². The van der Waals surface area contributed by atoms with Crippen LogP contribution < -0.4 is 0 Å². The van der Waals surface area contributed by atoms with Crippen LogP contribution >= 0.6 is 11.6 Å². The van der Waals surface area contributed by atoms with Crippen molar-refractivity contribution in [2.24, 2.45) is 0 Å². The van der Waals surface area contributed by atoms with E-state index in [9.17, 15) is 0 Å². The number of hydrogen-bond donors (Lipinski definition) is 1. The van der Waals surface area contributed by atoms with Crippen LogP contribution in [0.2, 0.25) is 5.15 Å². The number of benzene rings is 1. The number of halogens is 1. The molecule has 3 aromatic rings. The Kier molecular flexibility index (Phi) is 3.11. The van der Waals surface area contributed by atoms with Crippen molar-refractivity contribution in [1.29, 1.82) is 0 Å². The van der Waals surface area contributed by atoms with E-state index >= 15 is 0 Å². The van der Waals surface area contributed by atoms with Gasteiger partial charge in [0.15, 0.2) is 16.6 Å². The molecule has 0 bridgehead atoms. The molecule has 2 aromatic heterocycles. The molecule has 0 amide bonds. The van der Waals surface area contributed by atoms with Crippen LogP contribution in [0.4, 0.5) is 0 Å². The molecule has 1 saturated carbocycles. The first-order chi connectivity index (χ1) is 10.3. The Bertz CT molecular complexity index is 776. The molecule has 5 heteroatoms. The van der Waals surface area contributed by atoms with Crippen molar-refractivity contribution in [2.45, 2.75) is 31.6 Å². The first kappa shape index (κ1) is 12.8. The van der Waals surface area contributed by atoms with Gasteiger partial charge in [0.25, 0.3) is 0 Å². The molecular weight excluding hydrogens is 284 g/mol. The van der Waals surface area contributed by atoms with Crippen LogP contribution in [0.3, 0.4) is 0 Å².